The Bertz CT molecular complexity index is 1810. The molecule has 1 aliphatic rings. The van der Waals surface area contributed by atoms with Crippen LogP contribution in [-0.4, -0.2) is 27.9 Å². The van der Waals surface area contributed by atoms with Crippen molar-refractivity contribution < 1.29 is 4.74 Å². The summed E-state index contributed by atoms with van der Waals surface area (Å²) in [5, 5.41) is 20.3. The zero-order valence-corrected chi connectivity index (χ0v) is 22.0. The molecule has 0 amide bonds. The number of fused-ring (bicyclic) bond motifs is 3. The minimum absolute atomic E-state index is 0.0705. The minimum Gasteiger partial charge on any atom is -0.490 e. The van der Waals surface area contributed by atoms with Gasteiger partial charge in [-0.1, -0.05) is 43.7 Å². The smallest absolute Gasteiger partial charge is 0.267 e. The molecule has 0 radical (unpaired) electrons. The molecule has 9 heteroatoms. The highest BCUT2D eigenvalue weighted by molar-refractivity contribution is 7.25. The van der Waals surface area contributed by atoms with Crippen LogP contribution in [0.2, 0.25) is 12.6 Å². The summed E-state index contributed by atoms with van der Waals surface area (Å²) in [5.41, 5.74) is 2.36. The third-order valence-corrected chi connectivity index (χ3v) is 8.62. The van der Waals surface area contributed by atoms with Gasteiger partial charge in [0.15, 0.2) is 11.6 Å². The first-order valence-corrected chi connectivity index (χ1v) is 13.8. The monoisotopic (exact) mass is 529 g/mol. The molecule has 7 nitrogen and oxygen atoms in total. The summed E-state index contributed by atoms with van der Waals surface area (Å²) in [6, 6.07) is 19.2. The van der Waals surface area contributed by atoms with E-state index in [1.54, 1.807) is 40.4 Å². The van der Waals surface area contributed by atoms with Crippen LogP contribution in [0.15, 0.2) is 71.8 Å². The van der Waals surface area contributed by atoms with E-state index in [1.807, 2.05) is 42.5 Å². The fraction of sp³-hybridized carbons (Fsp3) is 0.233. The second-order valence-corrected chi connectivity index (χ2v) is 11.0. The van der Waals surface area contributed by atoms with Crippen molar-refractivity contribution in [2.75, 3.05) is 6.61 Å². The number of rotatable bonds is 6. The van der Waals surface area contributed by atoms with Crippen molar-refractivity contribution in [1.82, 2.24) is 14.5 Å². The topological polar surface area (TPSA) is 105 Å². The first kappa shape index (κ1) is 24.8. The van der Waals surface area contributed by atoms with Gasteiger partial charge in [0.2, 0.25) is 0 Å². The van der Waals surface area contributed by atoms with Crippen LogP contribution in [0.1, 0.15) is 24.0 Å². The molecule has 190 valence electrons. The molecule has 0 bridgehead atoms. The molecule has 1 fully saturated rings. The fourth-order valence-corrected chi connectivity index (χ4v) is 6.41. The molecule has 5 aromatic rings. The Kier molecular flexibility index (Phi) is 6.83. The highest BCUT2D eigenvalue weighted by atomic mass is 32.1. The summed E-state index contributed by atoms with van der Waals surface area (Å²) in [7, 11) is 0. The SMILES string of the molecule is N#CB1CCC(COc2cnc(-c3cccc(Cn4c(=O)ccc5c6cc(C#N)ccc6sc54)c3)nc2)CC1. The molecule has 39 heavy (non-hydrogen) atoms. The van der Waals surface area contributed by atoms with Crippen molar-refractivity contribution >= 4 is 38.4 Å². The molecule has 0 unspecified atom stereocenters. The lowest BCUT2D eigenvalue weighted by Gasteiger charge is -2.23. The standard InChI is InChI=1S/C30H24BN5O2S/c32-14-21-4-6-27-26(13-21)25-5-7-28(37)36(30(25)39-27)17-22-2-1-3-23(12-22)29-34-15-24(16-35-29)38-18-20-8-10-31(19-33)11-9-20/h1-7,12-13,15-16,20H,8-11,17-18H2. The van der Waals surface area contributed by atoms with Crippen molar-refractivity contribution in [3.63, 3.8) is 0 Å². The average Bonchev–Trinajstić information content (AvgIpc) is 3.36. The molecule has 1 saturated heterocycles. The normalized spacial score (nSPS) is 13.8. The highest BCUT2D eigenvalue weighted by Gasteiger charge is 2.24. The summed E-state index contributed by atoms with van der Waals surface area (Å²) in [6.45, 7) is 1.22. The molecular weight excluding hydrogens is 505 g/mol. The number of benzene rings is 2. The van der Waals surface area contributed by atoms with Crippen molar-refractivity contribution in [2.24, 2.45) is 5.92 Å². The second-order valence-electron chi connectivity index (χ2n) is 10.0. The van der Waals surface area contributed by atoms with Gasteiger partial charge in [-0.05, 0) is 41.8 Å². The van der Waals surface area contributed by atoms with E-state index in [0.717, 1.165) is 56.9 Å². The molecule has 0 saturated carbocycles. The van der Waals surface area contributed by atoms with E-state index in [2.05, 4.69) is 22.0 Å². The number of aromatic nitrogens is 3. The first-order valence-electron chi connectivity index (χ1n) is 13.0. The van der Waals surface area contributed by atoms with Gasteiger partial charge in [-0.25, -0.2) is 15.2 Å². The largest absolute Gasteiger partial charge is 0.490 e. The number of ether oxygens (including phenoxy) is 1. The third-order valence-electron chi connectivity index (χ3n) is 7.41. The highest BCUT2D eigenvalue weighted by Crippen LogP contribution is 2.34. The van der Waals surface area contributed by atoms with E-state index in [4.69, 9.17) is 10.00 Å². The molecule has 0 atom stereocenters. The Morgan fingerprint density at radius 2 is 1.85 bits per heavy atom. The van der Waals surface area contributed by atoms with Crippen LogP contribution in [0.5, 0.6) is 5.75 Å². The predicted octanol–water partition coefficient (Wildman–Crippen LogP) is 5.94. The molecule has 3 aromatic heterocycles. The van der Waals surface area contributed by atoms with Gasteiger partial charge in [0.25, 0.3) is 12.3 Å². The molecule has 0 spiro atoms. The lowest BCUT2D eigenvalue weighted by atomic mass is 9.42. The van der Waals surface area contributed by atoms with Crippen molar-refractivity contribution in [3.05, 3.63) is 88.5 Å². The maximum absolute atomic E-state index is 12.9. The molecule has 0 N–H and O–H groups in total. The molecule has 0 aliphatic carbocycles. The Balaban J connectivity index is 1.20. The zero-order valence-electron chi connectivity index (χ0n) is 21.2. The van der Waals surface area contributed by atoms with Crippen LogP contribution < -0.4 is 10.3 Å². The number of pyridine rings is 1. The van der Waals surface area contributed by atoms with Gasteiger partial charge in [0.05, 0.1) is 37.2 Å². The fourth-order valence-electron chi connectivity index (χ4n) is 5.23. The van der Waals surface area contributed by atoms with Crippen molar-refractivity contribution in [3.8, 4) is 29.2 Å². The van der Waals surface area contributed by atoms with E-state index in [-0.39, 0.29) is 12.3 Å². The maximum atomic E-state index is 12.9. The molecule has 1 aliphatic heterocycles. The quantitative estimate of drug-likeness (QED) is 0.252. The van der Waals surface area contributed by atoms with Gasteiger partial charge in [-0.15, -0.1) is 11.3 Å². The van der Waals surface area contributed by atoms with Gasteiger partial charge >= 0.3 is 0 Å². The Hall–Kier alpha value is -4.47. The van der Waals surface area contributed by atoms with E-state index in [9.17, 15) is 10.1 Å². The van der Waals surface area contributed by atoms with Crippen LogP contribution in [0.3, 0.4) is 0 Å². The number of nitriles is 2. The summed E-state index contributed by atoms with van der Waals surface area (Å²) in [4.78, 5) is 22.8. The summed E-state index contributed by atoms with van der Waals surface area (Å²) >= 11 is 1.56. The third kappa shape index (κ3) is 5.14. The van der Waals surface area contributed by atoms with Crippen LogP contribution in [0.25, 0.3) is 31.7 Å². The van der Waals surface area contributed by atoms with Crippen LogP contribution in [-0.2, 0) is 6.54 Å². The summed E-state index contributed by atoms with van der Waals surface area (Å²) in [6.07, 6.45) is 7.33. The second kappa shape index (κ2) is 10.7. The summed E-state index contributed by atoms with van der Waals surface area (Å²) < 4.78 is 8.77. The van der Waals surface area contributed by atoms with Crippen molar-refractivity contribution in [2.45, 2.75) is 32.0 Å². The van der Waals surface area contributed by atoms with Gasteiger partial charge in [-0.2, -0.15) is 5.26 Å². The summed E-state index contributed by atoms with van der Waals surface area (Å²) in [5.74, 6) is 4.07. The van der Waals surface area contributed by atoms with Gasteiger partial charge in [-0.3, -0.25) is 9.36 Å². The predicted molar refractivity (Wildman–Crippen MR) is 154 cm³/mol. The van der Waals surface area contributed by atoms with Crippen LogP contribution in [0, 0.1) is 28.5 Å². The molecule has 2 aromatic carbocycles. The van der Waals surface area contributed by atoms with Gasteiger partial charge in [0, 0.05) is 33.1 Å². The van der Waals surface area contributed by atoms with Crippen molar-refractivity contribution in [1.29, 1.82) is 10.5 Å². The van der Waals surface area contributed by atoms with E-state index in [0.29, 0.717) is 36.2 Å². The maximum Gasteiger partial charge on any atom is 0.267 e. The molecule has 4 heterocycles. The van der Waals surface area contributed by atoms with Crippen LogP contribution >= 0.6 is 11.3 Å². The number of thiophene rings is 1. The van der Waals surface area contributed by atoms with E-state index in [1.165, 1.54) is 0 Å². The van der Waals surface area contributed by atoms with E-state index < -0.39 is 0 Å². The van der Waals surface area contributed by atoms with E-state index >= 15 is 0 Å². The average molecular weight is 529 g/mol. The minimum atomic E-state index is -0.0705. The Morgan fingerprint density at radius 1 is 1.03 bits per heavy atom. The zero-order chi connectivity index (χ0) is 26.8. The molecule has 6 rings (SSSR count). The number of hydrogen-bond donors (Lipinski definition) is 0. The van der Waals surface area contributed by atoms with Gasteiger partial charge < -0.3 is 4.74 Å². The van der Waals surface area contributed by atoms with Crippen LogP contribution in [0.4, 0.5) is 0 Å². The lowest BCUT2D eigenvalue weighted by Crippen LogP contribution is -2.23. The molecular formula is C30H24BN5O2S. The van der Waals surface area contributed by atoms with Gasteiger partial charge in [0.1, 0.15) is 4.83 Å². The first-order chi connectivity index (χ1) is 19.1. The Labute approximate surface area is 230 Å². The number of hydrogen-bond acceptors (Lipinski definition) is 7. The lowest BCUT2D eigenvalue weighted by molar-refractivity contribution is 0.235. The Morgan fingerprint density at radius 3 is 2.62 bits per heavy atom. The number of nitrogens with zero attached hydrogens (tertiary/aromatic N) is 5.